The van der Waals surface area contributed by atoms with E-state index in [9.17, 15) is 9.59 Å². The Morgan fingerprint density at radius 1 is 1.42 bits per heavy atom. The third-order valence-corrected chi connectivity index (χ3v) is 4.79. The molecule has 0 bridgehead atoms. The van der Waals surface area contributed by atoms with Gasteiger partial charge < -0.3 is 10.0 Å². The quantitative estimate of drug-likeness (QED) is 0.860. The fourth-order valence-electron chi connectivity index (χ4n) is 1.56. The molecule has 1 aliphatic heterocycles. The molecule has 1 aromatic heterocycles. The van der Waals surface area contributed by atoms with Crippen LogP contribution in [0, 0.1) is 0 Å². The number of amides is 2. The van der Waals surface area contributed by atoms with Gasteiger partial charge in [0.05, 0.1) is 16.5 Å². The van der Waals surface area contributed by atoms with Crippen LogP contribution < -0.4 is 4.90 Å². The number of rotatable bonds is 4. The molecule has 0 radical (unpaired) electrons. The van der Waals surface area contributed by atoms with Gasteiger partial charge in [-0.3, -0.25) is 14.5 Å². The van der Waals surface area contributed by atoms with Gasteiger partial charge in [0.1, 0.15) is 0 Å². The van der Waals surface area contributed by atoms with Crippen molar-refractivity contribution in [3.8, 4) is 0 Å². The van der Waals surface area contributed by atoms with E-state index in [1.807, 2.05) is 24.1 Å². The van der Waals surface area contributed by atoms with E-state index in [1.54, 1.807) is 6.08 Å². The average molecular weight is 298 g/mol. The second kappa shape index (κ2) is 5.77. The lowest BCUT2D eigenvalue weighted by Gasteiger charge is -2.14. The van der Waals surface area contributed by atoms with Crippen LogP contribution in [0.5, 0.6) is 0 Å². The van der Waals surface area contributed by atoms with E-state index in [1.165, 1.54) is 18.4 Å². The Morgan fingerprint density at radius 3 is 2.74 bits per heavy atom. The summed E-state index contributed by atoms with van der Waals surface area (Å²) in [6.45, 7) is 0.657. The number of hydrogen-bond donors (Lipinski definition) is 1. The largest absolute Gasteiger partial charge is 0.395 e. The summed E-state index contributed by atoms with van der Waals surface area (Å²) in [6, 6.07) is 3.83. The van der Waals surface area contributed by atoms with Crippen molar-refractivity contribution in [1.29, 1.82) is 0 Å². The van der Waals surface area contributed by atoms with Crippen LogP contribution in [0.3, 0.4) is 0 Å². The molecule has 0 saturated carbocycles. The molecule has 2 rings (SSSR count). The van der Waals surface area contributed by atoms with Crippen molar-refractivity contribution in [3.63, 3.8) is 0 Å². The fraction of sp³-hybridized carbons (Fsp3) is 0.333. The van der Waals surface area contributed by atoms with Gasteiger partial charge in [-0.25, -0.2) is 0 Å². The number of carbonyl (C=O) groups is 2. The summed E-state index contributed by atoms with van der Waals surface area (Å²) in [4.78, 5) is 27.5. The van der Waals surface area contributed by atoms with Crippen LogP contribution in [0.4, 0.5) is 9.80 Å². The first-order chi connectivity index (χ1) is 9.02. The first kappa shape index (κ1) is 14.1. The maximum Gasteiger partial charge on any atom is 0.293 e. The number of thiophene rings is 1. The molecular weight excluding hydrogens is 284 g/mol. The van der Waals surface area contributed by atoms with Crippen molar-refractivity contribution >= 4 is 45.3 Å². The highest BCUT2D eigenvalue weighted by Crippen LogP contribution is 2.34. The molecule has 5 nitrogen and oxygen atoms in total. The topological polar surface area (TPSA) is 60.9 Å². The monoisotopic (exact) mass is 298 g/mol. The van der Waals surface area contributed by atoms with Crippen LogP contribution in [0.1, 0.15) is 4.88 Å². The number of anilines is 1. The summed E-state index contributed by atoms with van der Waals surface area (Å²) >= 11 is 2.47. The first-order valence-electron chi connectivity index (χ1n) is 5.66. The number of nitrogens with zero attached hydrogens (tertiary/aromatic N) is 2. The van der Waals surface area contributed by atoms with Crippen molar-refractivity contribution in [3.05, 3.63) is 21.9 Å². The van der Waals surface area contributed by atoms with E-state index >= 15 is 0 Å². The summed E-state index contributed by atoms with van der Waals surface area (Å²) in [5.74, 6) is -0.256. The third-order valence-electron chi connectivity index (χ3n) is 2.68. The highest BCUT2D eigenvalue weighted by Gasteiger charge is 2.31. The molecule has 0 spiro atoms. The smallest absolute Gasteiger partial charge is 0.293 e. The first-order valence-corrected chi connectivity index (χ1v) is 7.29. The number of thioether (sulfide) groups is 1. The molecule has 0 unspecified atom stereocenters. The Labute approximate surface area is 119 Å². The maximum atomic E-state index is 11.7. The minimum absolute atomic E-state index is 0.0957. The van der Waals surface area contributed by atoms with E-state index in [0.29, 0.717) is 11.4 Å². The number of imide groups is 1. The molecule has 0 aromatic carbocycles. The second-order valence-electron chi connectivity index (χ2n) is 4.06. The number of carbonyl (C=O) groups excluding carboxylic acids is 2. The van der Waals surface area contributed by atoms with Gasteiger partial charge in [0.2, 0.25) is 0 Å². The minimum Gasteiger partial charge on any atom is -0.395 e. The summed E-state index contributed by atoms with van der Waals surface area (Å²) in [5.41, 5.74) is 0. The number of likely N-dealkylation sites (N-methyl/N-ethyl adjacent to an activating group) is 2. The van der Waals surface area contributed by atoms with Gasteiger partial charge in [-0.1, -0.05) is 0 Å². The van der Waals surface area contributed by atoms with Crippen LogP contribution >= 0.6 is 23.1 Å². The number of aliphatic hydroxyl groups excluding tert-OH is 1. The Kier molecular flexibility index (Phi) is 4.28. The highest BCUT2D eigenvalue weighted by molar-refractivity contribution is 8.18. The van der Waals surface area contributed by atoms with Crippen molar-refractivity contribution in [2.24, 2.45) is 0 Å². The zero-order valence-electron chi connectivity index (χ0n) is 10.6. The lowest BCUT2D eigenvalue weighted by molar-refractivity contribution is -0.121. The minimum atomic E-state index is -0.256. The second-order valence-corrected chi connectivity index (χ2v) is 6.15. The molecule has 2 heterocycles. The molecule has 1 N–H and O–H groups in total. The molecule has 1 aromatic rings. The standard InChI is InChI=1S/C12H14N2O3S2/c1-13(5-6-15)10-4-3-8(18-10)7-9-11(16)14(2)12(17)19-9/h3-4,7,15H,5-6H2,1-2H3/b9-7-. The lowest BCUT2D eigenvalue weighted by atomic mass is 10.4. The highest BCUT2D eigenvalue weighted by atomic mass is 32.2. The van der Waals surface area contributed by atoms with E-state index < -0.39 is 0 Å². The molecule has 0 aliphatic carbocycles. The normalized spacial score (nSPS) is 17.6. The Bertz CT molecular complexity index is 539. The Hall–Kier alpha value is -1.31. The third kappa shape index (κ3) is 2.99. The maximum absolute atomic E-state index is 11.7. The summed E-state index contributed by atoms with van der Waals surface area (Å²) < 4.78 is 0. The Balaban J connectivity index is 2.16. The fourth-order valence-corrected chi connectivity index (χ4v) is 3.39. The molecule has 19 heavy (non-hydrogen) atoms. The molecule has 7 heteroatoms. The molecule has 102 valence electrons. The van der Waals surface area contributed by atoms with Crippen molar-refractivity contribution in [1.82, 2.24) is 4.90 Å². The predicted octanol–water partition coefficient (Wildman–Crippen LogP) is 1.84. The summed E-state index contributed by atoms with van der Waals surface area (Å²) in [5, 5.41) is 9.65. The van der Waals surface area contributed by atoms with Gasteiger partial charge in [0, 0.05) is 25.5 Å². The van der Waals surface area contributed by atoms with Gasteiger partial charge >= 0.3 is 0 Å². The molecule has 1 fully saturated rings. The zero-order valence-corrected chi connectivity index (χ0v) is 12.3. The SMILES string of the molecule is CN1C(=O)S/C(=C\c2ccc(N(C)CCO)s2)C1=O. The van der Waals surface area contributed by atoms with Gasteiger partial charge in [0.15, 0.2) is 0 Å². The zero-order chi connectivity index (χ0) is 14.0. The van der Waals surface area contributed by atoms with Crippen LogP contribution in [-0.4, -0.2) is 48.4 Å². The molecule has 1 saturated heterocycles. The average Bonchev–Trinajstić information content (AvgIpc) is 2.92. The van der Waals surface area contributed by atoms with Crippen LogP contribution in [0.2, 0.25) is 0 Å². The van der Waals surface area contributed by atoms with Crippen molar-refractivity contribution < 1.29 is 14.7 Å². The number of hydrogen-bond acceptors (Lipinski definition) is 6. The predicted molar refractivity (Wildman–Crippen MR) is 78.4 cm³/mol. The van der Waals surface area contributed by atoms with Gasteiger partial charge in [-0.2, -0.15) is 0 Å². The molecule has 0 atom stereocenters. The molecular formula is C12H14N2O3S2. The van der Waals surface area contributed by atoms with Crippen LogP contribution in [0.15, 0.2) is 17.0 Å². The van der Waals surface area contributed by atoms with Gasteiger partial charge in [-0.05, 0) is 30.0 Å². The van der Waals surface area contributed by atoms with Crippen molar-refractivity contribution in [2.45, 2.75) is 0 Å². The molecule has 1 aliphatic rings. The summed E-state index contributed by atoms with van der Waals surface area (Å²) in [7, 11) is 3.37. The van der Waals surface area contributed by atoms with E-state index in [4.69, 9.17) is 5.11 Å². The van der Waals surface area contributed by atoms with E-state index in [-0.39, 0.29) is 17.8 Å². The van der Waals surface area contributed by atoms with Gasteiger partial charge in [0.25, 0.3) is 11.1 Å². The van der Waals surface area contributed by atoms with Crippen LogP contribution in [-0.2, 0) is 4.79 Å². The lowest BCUT2D eigenvalue weighted by Crippen LogP contribution is -2.22. The Morgan fingerprint density at radius 2 is 2.16 bits per heavy atom. The van der Waals surface area contributed by atoms with E-state index in [2.05, 4.69) is 0 Å². The van der Waals surface area contributed by atoms with Gasteiger partial charge in [-0.15, -0.1) is 11.3 Å². The molecule has 2 amide bonds. The van der Waals surface area contributed by atoms with E-state index in [0.717, 1.165) is 26.5 Å². The summed E-state index contributed by atoms with van der Waals surface area (Å²) in [6.07, 6.45) is 1.73. The van der Waals surface area contributed by atoms with Crippen molar-refractivity contribution in [2.75, 3.05) is 32.1 Å². The number of aliphatic hydroxyl groups is 1. The van der Waals surface area contributed by atoms with Crippen LogP contribution in [0.25, 0.3) is 6.08 Å².